The van der Waals surface area contributed by atoms with Crippen LogP contribution in [-0.2, 0) is 0 Å². The third-order valence-electron chi connectivity index (χ3n) is 1.33. The Hall–Kier alpha value is -1.84. The third-order valence-corrected chi connectivity index (χ3v) is 1.33. The zero-order valence-corrected chi connectivity index (χ0v) is 6.18. The summed E-state index contributed by atoms with van der Waals surface area (Å²) in [4.78, 5) is 7.83. The average Bonchev–Trinajstić information content (AvgIpc) is 2.21. The topological polar surface area (TPSA) is 51.6 Å². The zero-order chi connectivity index (χ0) is 8.23. The maximum absolute atomic E-state index is 4.03. The summed E-state index contributed by atoms with van der Waals surface area (Å²) in [5, 5.41) is 7.59. The first kappa shape index (κ1) is 6.84. The van der Waals surface area contributed by atoms with E-state index in [-0.39, 0.29) is 0 Å². The molecule has 0 fully saturated rings. The lowest BCUT2D eigenvalue weighted by molar-refractivity contribution is 1.02. The normalized spacial score (nSPS) is 9.67. The second kappa shape index (κ2) is 3.04. The molecular weight excluding hydrogens is 152 g/mol. The molecule has 0 aliphatic carbocycles. The van der Waals surface area contributed by atoms with Crippen LogP contribution < -0.4 is 0 Å². The smallest absolute Gasteiger partial charge is 0.119 e. The van der Waals surface area contributed by atoms with Crippen LogP contribution in [0.4, 0.5) is 0 Å². The van der Waals surface area contributed by atoms with E-state index in [4.69, 9.17) is 0 Å². The van der Waals surface area contributed by atoms with Crippen LogP contribution in [0.5, 0.6) is 0 Å². The predicted octanol–water partition coefficient (Wildman–Crippen LogP) is 0.734. The summed E-state index contributed by atoms with van der Waals surface area (Å²) < 4.78 is 0. The monoisotopic (exact) mass is 157 g/mol. The van der Waals surface area contributed by atoms with Crippen molar-refractivity contribution in [3.05, 3.63) is 36.9 Å². The Morgan fingerprint density at radius 1 is 1.17 bits per heavy atom. The Balaban J connectivity index is 2.46. The van der Waals surface area contributed by atoms with Gasteiger partial charge in [-0.15, -0.1) is 5.10 Å². The molecule has 0 atom stereocenters. The zero-order valence-electron chi connectivity index (χ0n) is 6.18. The van der Waals surface area contributed by atoms with Gasteiger partial charge in [-0.2, -0.15) is 5.10 Å². The number of aromatic nitrogens is 4. The van der Waals surface area contributed by atoms with Crippen LogP contribution in [-0.4, -0.2) is 20.2 Å². The lowest BCUT2D eigenvalue weighted by Gasteiger charge is -1.93. The van der Waals surface area contributed by atoms with E-state index in [9.17, 15) is 0 Å². The van der Waals surface area contributed by atoms with E-state index >= 15 is 0 Å². The van der Waals surface area contributed by atoms with Crippen LogP contribution in [0.3, 0.4) is 0 Å². The van der Waals surface area contributed by atoms with E-state index in [1.807, 2.05) is 6.07 Å². The van der Waals surface area contributed by atoms with Crippen molar-refractivity contribution < 1.29 is 0 Å². The molecule has 2 rings (SSSR count). The first-order valence-electron chi connectivity index (χ1n) is 3.43. The van der Waals surface area contributed by atoms with Gasteiger partial charge in [0.1, 0.15) is 17.6 Å². The highest BCUT2D eigenvalue weighted by Gasteiger charge is 1.98. The molecule has 0 amide bonds. The van der Waals surface area contributed by atoms with Gasteiger partial charge in [0.05, 0.1) is 0 Å². The SMILES string of the molecule is [c]1nccnc1-c1cccnn1. The van der Waals surface area contributed by atoms with Crippen molar-refractivity contribution in [2.45, 2.75) is 0 Å². The maximum atomic E-state index is 4.03. The molecule has 1 radical (unpaired) electrons. The van der Waals surface area contributed by atoms with E-state index in [1.165, 1.54) is 0 Å². The summed E-state index contributed by atoms with van der Waals surface area (Å²) in [6.45, 7) is 0. The molecule has 0 spiro atoms. The molecule has 0 saturated carbocycles. The number of nitrogens with zero attached hydrogens (tertiary/aromatic N) is 4. The minimum atomic E-state index is 0.616. The third kappa shape index (κ3) is 1.27. The van der Waals surface area contributed by atoms with Gasteiger partial charge in [-0.3, -0.25) is 9.97 Å². The van der Waals surface area contributed by atoms with E-state index in [1.54, 1.807) is 24.7 Å². The van der Waals surface area contributed by atoms with Gasteiger partial charge in [0.2, 0.25) is 0 Å². The molecule has 0 saturated heterocycles. The maximum Gasteiger partial charge on any atom is 0.119 e. The van der Waals surface area contributed by atoms with E-state index in [2.05, 4.69) is 26.4 Å². The van der Waals surface area contributed by atoms with Crippen molar-refractivity contribution in [1.82, 2.24) is 20.2 Å². The first-order chi connectivity index (χ1) is 5.97. The Labute approximate surface area is 69.3 Å². The molecular formula is C8H5N4. The van der Waals surface area contributed by atoms with Gasteiger partial charge in [0.15, 0.2) is 0 Å². The van der Waals surface area contributed by atoms with Crippen LogP contribution in [0, 0.1) is 6.20 Å². The molecule has 0 N–H and O–H groups in total. The summed E-state index contributed by atoms with van der Waals surface area (Å²) in [7, 11) is 0. The average molecular weight is 157 g/mol. The molecule has 0 aliphatic rings. The van der Waals surface area contributed by atoms with Gasteiger partial charge in [0, 0.05) is 18.6 Å². The van der Waals surface area contributed by atoms with Gasteiger partial charge >= 0.3 is 0 Å². The minimum absolute atomic E-state index is 0.616. The number of rotatable bonds is 1. The fourth-order valence-corrected chi connectivity index (χ4v) is 0.820. The van der Waals surface area contributed by atoms with E-state index in [0.29, 0.717) is 11.4 Å². The lowest BCUT2D eigenvalue weighted by atomic mass is 10.3. The van der Waals surface area contributed by atoms with E-state index in [0.717, 1.165) is 0 Å². The highest BCUT2D eigenvalue weighted by atomic mass is 15.1. The lowest BCUT2D eigenvalue weighted by Crippen LogP contribution is -1.89. The molecule has 4 nitrogen and oxygen atoms in total. The van der Waals surface area contributed by atoms with Crippen LogP contribution in [0.15, 0.2) is 30.7 Å². The highest BCUT2D eigenvalue weighted by Crippen LogP contribution is 2.07. The van der Waals surface area contributed by atoms with Crippen molar-refractivity contribution in [2.24, 2.45) is 0 Å². The second-order valence-electron chi connectivity index (χ2n) is 2.13. The number of hydrogen-bond donors (Lipinski definition) is 0. The standard InChI is InChI=1S/C8H5N4/c1-2-7(12-11-3-1)8-6-9-4-5-10-8/h1-5H. The van der Waals surface area contributed by atoms with Crippen LogP contribution in [0.2, 0.25) is 0 Å². The fraction of sp³-hybridized carbons (Fsp3) is 0. The molecule has 2 aromatic rings. The second-order valence-corrected chi connectivity index (χ2v) is 2.13. The summed E-state index contributed by atoms with van der Waals surface area (Å²) >= 11 is 0. The highest BCUT2D eigenvalue weighted by molar-refractivity contribution is 5.49. The molecule has 57 valence electrons. The van der Waals surface area contributed by atoms with Crippen molar-refractivity contribution in [1.29, 1.82) is 0 Å². The Bertz CT molecular complexity index is 308. The Morgan fingerprint density at radius 3 is 2.83 bits per heavy atom. The Morgan fingerprint density at radius 2 is 2.17 bits per heavy atom. The quantitative estimate of drug-likeness (QED) is 0.612. The molecule has 4 heteroatoms. The van der Waals surface area contributed by atoms with Gasteiger partial charge in [-0.05, 0) is 12.1 Å². The van der Waals surface area contributed by atoms with Gasteiger partial charge in [-0.25, -0.2) is 0 Å². The largest absolute Gasteiger partial charge is 0.251 e. The van der Waals surface area contributed by atoms with Gasteiger partial charge in [0.25, 0.3) is 0 Å². The Kier molecular flexibility index (Phi) is 1.74. The van der Waals surface area contributed by atoms with Crippen molar-refractivity contribution >= 4 is 0 Å². The van der Waals surface area contributed by atoms with Crippen LogP contribution in [0.1, 0.15) is 0 Å². The van der Waals surface area contributed by atoms with Crippen molar-refractivity contribution in [3.63, 3.8) is 0 Å². The molecule has 0 unspecified atom stereocenters. The van der Waals surface area contributed by atoms with Crippen LogP contribution >= 0.6 is 0 Å². The van der Waals surface area contributed by atoms with Crippen molar-refractivity contribution in [2.75, 3.05) is 0 Å². The molecule has 0 aromatic carbocycles. The summed E-state index contributed by atoms with van der Waals surface area (Å²) in [6, 6.07) is 3.61. The fourth-order valence-electron chi connectivity index (χ4n) is 0.820. The van der Waals surface area contributed by atoms with E-state index < -0.39 is 0 Å². The molecule has 12 heavy (non-hydrogen) atoms. The minimum Gasteiger partial charge on any atom is -0.251 e. The van der Waals surface area contributed by atoms with Crippen molar-refractivity contribution in [3.8, 4) is 11.4 Å². The summed E-state index contributed by atoms with van der Waals surface area (Å²) in [6.07, 6.45) is 7.50. The molecule has 2 heterocycles. The van der Waals surface area contributed by atoms with Crippen LogP contribution in [0.25, 0.3) is 11.4 Å². The molecule has 0 bridgehead atoms. The van der Waals surface area contributed by atoms with Gasteiger partial charge in [-0.1, -0.05) is 0 Å². The van der Waals surface area contributed by atoms with Gasteiger partial charge < -0.3 is 0 Å². The predicted molar refractivity (Wildman–Crippen MR) is 41.9 cm³/mol. The summed E-state index contributed by atoms with van der Waals surface area (Å²) in [5.41, 5.74) is 1.30. The first-order valence-corrected chi connectivity index (χ1v) is 3.43. The summed E-state index contributed by atoms with van der Waals surface area (Å²) in [5.74, 6) is 0. The molecule has 2 aromatic heterocycles. The molecule has 0 aliphatic heterocycles. The number of hydrogen-bond acceptors (Lipinski definition) is 4.